The minimum Gasteiger partial charge on any atom is -0.478 e. The van der Waals surface area contributed by atoms with Crippen LogP contribution in [-0.4, -0.2) is 106 Å². The van der Waals surface area contributed by atoms with Gasteiger partial charge in [-0.15, -0.1) is 0 Å². The summed E-state index contributed by atoms with van der Waals surface area (Å²) in [7, 11) is -8.39. The van der Waals surface area contributed by atoms with Crippen LogP contribution in [0.3, 0.4) is 0 Å². The first-order valence-electron chi connectivity index (χ1n) is 9.02. The Labute approximate surface area is 212 Å². The molecule has 0 saturated carbocycles. The Kier molecular flexibility index (Phi) is 13.7. The molecule has 1 aromatic carbocycles. The molecule has 0 saturated heterocycles. The Morgan fingerprint density at radius 3 is 0.842 bits per heavy atom. The molecular formula is C16H22N4O16S2. The summed E-state index contributed by atoms with van der Waals surface area (Å²) in [6.07, 6.45) is 0. The van der Waals surface area contributed by atoms with Gasteiger partial charge in [-0.05, 0) is 12.1 Å². The molecule has 14 N–H and O–H groups in total. The maximum absolute atomic E-state index is 10.8. The third kappa shape index (κ3) is 14.4. The molecule has 214 valence electrons. The van der Waals surface area contributed by atoms with Crippen LogP contribution in [0, 0.1) is 0 Å². The second-order valence-corrected chi connectivity index (χ2v) is 9.67. The molecule has 1 aromatic rings. The number of rotatable bonds is 10. The van der Waals surface area contributed by atoms with Gasteiger partial charge in [0.2, 0.25) is 11.8 Å². The second kappa shape index (κ2) is 14.5. The maximum Gasteiger partial charge on any atom is 0.336 e. The fourth-order valence-electron chi connectivity index (χ4n) is 1.93. The zero-order chi connectivity index (χ0) is 30.8. The summed E-state index contributed by atoms with van der Waals surface area (Å²) in [6, 6.07) is -1.65. The summed E-state index contributed by atoms with van der Waals surface area (Å²) in [6.45, 7) is 0. The van der Waals surface area contributed by atoms with Gasteiger partial charge < -0.3 is 43.4 Å². The van der Waals surface area contributed by atoms with E-state index in [-0.39, 0.29) is 0 Å². The van der Waals surface area contributed by atoms with Crippen LogP contribution >= 0.6 is 0 Å². The van der Waals surface area contributed by atoms with Crippen molar-refractivity contribution in [3.63, 3.8) is 0 Å². The van der Waals surface area contributed by atoms with E-state index in [1.165, 1.54) is 0 Å². The van der Waals surface area contributed by atoms with Gasteiger partial charge in [-0.25, -0.2) is 19.2 Å². The number of amides is 2. The number of aromatic carboxylic acids is 4. The van der Waals surface area contributed by atoms with E-state index in [4.69, 9.17) is 41.0 Å². The Hall–Kier alpha value is -4.22. The Morgan fingerprint density at radius 2 is 0.763 bits per heavy atom. The molecule has 38 heavy (non-hydrogen) atoms. The molecule has 0 bridgehead atoms. The molecule has 0 aliphatic heterocycles. The Morgan fingerprint density at radius 1 is 0.579 bits per heavy atom. The SMILES string of the molecule is NC(=O)[C@@H](N)CS(=O)(=O)O.NC(=O)[C@@H](N)CS(=O)(=O)O.O=C(O)c1cc(C(=O)O)c(C(=O)O)cc1C(=O)O. The van der Waals surface area contributed by atoms with Crippen LogP contribution in [0.1, 0.15) is 41.4 Å². The molecule has 0 unspecified atom stereocenters. The van der Waals surface area contributed by atoms with Crippen molar-refractivity contribution in [1.29, 1.82) is 0 Å². The van der Waals surface area contributed by atoms with E-state index in [1.54, 1.807) is 0 Å². The van der Waals surface area contributed by atoms with Crippen molar-refractivity contribution in [2.45, 2.75) is 12.1 Å². The van der Waals surface area contributed by atoms with E-state index in [1.807, 2.05) is 0 Å². The van der Waals surface area contributed by atoms with E-state index in [0.29, 0.717) is 12.1 Å². The number of benzene rings is 1. The molecule has 2 atom stereocenters. The molecule has 0 spiro atoms. The van der Waals surface area contributed by atoms with Gasteiger partial charge in [-0.3, -0.25) is 18.7 Å². The predicted molar refractivity (Wildman–Crippen MR) is 121 cm³/mol. The van der Waals surface area contributed by atoms with Crippen molar-refractivity contribution in [2.24, 2.45) is 22.9 Å². The lowest BCUT2D eigenvalue weighted by molar-refractivity contribution is -0.119. The molecule has 0 heterocycles. The topological polar surface area (TPSA) is 396 Å². The Balaban J connectivity index is 0. The fourth-order valence-corrected chi connectivity index (χ4v) is 3.16. The zero-order valence-corrected chi connectivity index (χ0v) is 20.2. The van der Waals surface area contributed by atoms with Crippen molar-refractivity contribution in [3.8, 4) is 0 Å². The van der Waals surface area contributed by atoms with Gasteiger partial charge in [0.05, 0.1) is 33.8 Å². The van der Waals surface area contributed by atoms with Crippen LogP contribution in [0.2, 0.25) is 0 Å². The molecule has 2 amide bonds. The lowest BCUT2D eigenvalue weighted by atomic mass is 9.98. The van der Waals surface area contributed by atoms with Crippen molar-refractivity contribution in [1.82, 2.24) is 0 Å². The lowest BCUT2D eigenvalue weighted by Gasteiger charge is -2.06. The summed E-state index contributed by atoms with van der Waals surface area (Å²) in [5.41, 5.74) is 15.8. The van der Waals surface area contributed by atoms with Crippen LogP contribution < -0.4 is 22.9 Å². The third-order valence-electron chi connectivity index (χ3n) is 3.59. The quantitative estimate of drug-likeness (QED) is 0.115. The Bertz CT molecular complexity index is 1170. The van der Waals surface area contributed by atoms with E-state index >= 15 is 0 Å². The van der Waals surface area contributed by atoms with Gasteiger partial charge in [0.1, 0.15) is 12.1 Å². The molecule has 0 aliphatic rings. The fraction of sp³-hybridized carbons (Fsp3) is 0.250. The predicted octanol–water partition coefficient (Wildman–Crippen LogP) is -4.15. The monoisotopic (exact) mass is 590 g/mol. The first kappa shape index (κ1) is 35.9. The van der Waals surface area contributed by atoms with Crippen LogP contribution in [0.4, 0.5) is 0 Å². The minimum absolute atomic E-state index is 0.511. The summed E-state index contributed by atoms with van der Waals surface area (Å²) in [5, 5.41) is 35.0. The number of carbonyl (C=O) groups excluding carboxylic acids is 2. The smallest absolute Gasteiger partial charge is 0.336 e. The highest BCUT2D eigenvalue weighted by Gasteiger charge is 2.25. The van der Waals surface area contributed by atoms with E-state index in [9.17, 15) is 45.6 Å². The van der Waals surface area contributed by atoms with Gasteiger partial charge in [0, 0.05) is 0 Å². The number of hydrogen-bond acceptors (Lipinski definition) is 12. The van der Waals surface area contributed by atoms with Crippen molar-refractivity contribution >= 4 is 55.9 Å². The standard InChI is InChI=1S/C10H6O8.2C3H8N2O4S/c11-7(12)3-1-4(8(13)14)6(10(17)18)2-5(3)9(15)16;2*4-2(3(5)6)1-10(7,8)9/h1-2H,(H,11,12)(H,13,14)(H,15,16)(H,17,18);2*2H,1,4H2,(H2,5,6)(H,7,8,9)/t;2*2-/m.00/s1. The number of hydrogen-bond donors (Lipinski definition) is 10. The zero-order valence-electron chi connectivity index (χ0n) is 18.6. The van der Waals surface area contributed by atoms with Gasteiger partial charge in [-0.2, -0.15) is 16.8 Å². The minimum atomic E-state index is -4.19. The lowest BCUT2D eigenvalue weighted by Crippen LogP contribution is -2.41. The number of carboxylic acid groups (broad SMARTS) is 4. The highest BCUT2D eigenvalue weighted by molar-refractivity contribution is 7.86. The van der Waals surface area contributed by atoms with Crippen molar-refractivity contribution in [2.75, 3.05) is 11.5 Å². The number of carbonyl (C=O) groups is 6. The molecule has 0 radical (unpaired) electrons. The average Bonchev–Trinajstić information content (AvgIpc) is 2.70. The van der Waals surface area contributed by atoms with Gasteiger partial charge in [0.15, 0.2) is 0 Å². The summed E-state index contributed by atoms with van der Waals surface area (Å²) >= 11 is 0. The molecular weight excluding hydrogens is 568 g/mol. The maximum atomic E-state index is 10.8. The van der Waals surface area contributed by atoms with Crippen LogP contribution in [0.5, 0.6) is 0 Å². The molecule has 0 aliphatic carbocycles. The highest BCUT2D eigenvalue weighted by atomic mass is 32.2. The summed E-state index contributed by atoms with van der Waals surface area (Å²) in [4.78, 5) is 63.3. The summed E-state index contributed by atoms with van der Waals surface area (Å²) in [5.74, 6) is -10.2. The molecule has 20 nitrogen and oxygen atoms in total. The number of carboxylic acids is 4. The molecule has 22 heteroatoms. The van der Waals surface area contributed by atoms with E-state index in [2.05, 4.69) is 11.5 Å². The highest BCUT2D eigenvalue weighted by Crippen LogP contribution is 2.18. The third-order valence-corrected chi connectivity index (χ3v) is 5.15. The van der Waals surface area contributed by atoms with Crippen LogP contribution in [0.15, 0.2) is 12.1 Å². The largest absolute Gasteiger partial charge is 0.478 e. The van der Waals surface area contributed by atoms with E-state index < -0.39 is 102 Å². The van der Waals surface area contributed by atoms with Crippen molar-refractivity contribution < 1.29 is 75.1 Å². The average molecular weight is 590 g/mol. The first-order chi connectivity index (χ1) is 16.9. The van der Waals surface area contributed by atoms with Gasteiger partial charge in [0.25, 0.3) is 20.2 Å². The first-order valence-corrected chi connectivity index (χ1v) is 12.2. The molecule has 0 fully saturated rings. The second-order valence-electron chi connectivity index (χ2n) is 6.68. The number of nitrogens with two attached hydrogens (primary N) is 4. The van der Waals surface area contributed by atoms with E-state index in [0.717, 1.165) is 0 Å². The normalized spacial score (nSPS) is 12.3. The molecule has 0 aromatic heterocycles. The van der Waals surface area contributed by atoms with Crippen molar-refractivity contribution in [3.05, 3.63) is 34.4 Å². The number of primary amides is 2. The summed E-state index contributed by atoms with van der Waals surface area (Å²) < 4.78 is 56.3. The van der Waals surface area contributed by atoms with Gasteiger partial charge in [-0.1, -0.05) is 0 Å². The molecule has 1 rings (SSSR count). The van der Waals surface area contributed by atoms with Crippen LogP contribution in [-0.2, 0) is 29.8 Å². The van der Waals surface area contributed by atoms with Crippen LogP contribution in [0.25, 0.3) is 0 Å². The van der Waals surface area contributed by atoms with Gasteiger partial charge >= 0.3 is 23.9 Å².